The first kappa shape index (κ1) is 16.1. The van der Waals surface area contributed by atoms with Crippen LogP contribution in [0.25, 0.3) is 0 Å². The lowest BCUT2D eigenvalue weighted by molar-refractivity contribution is -0.101. The molecule has 0 bridgehead atoms. The summed E-state index contributed by atoms with van der Waals surface area (Å²) in [6, 6.07) is 18.4. The van der Waals surface area contributed by atoms with Crippen LogP contribution in [0, 0.1) is 6.92 Å². The van der Waals surface area contributed by atoms with Crippen LogP contribution in [0.3, 0.4) is 0 Å². The molecule has 2 aromatic rings. The number of methoxy groups -OCH3 is 1. The van der Waals surface area contributed by atoms with Gasteiger partial charge in [0.1, 0.15) is 5.71 Å². The minimum atomic E-state index is -0.520. The Morgan fingerprint density at radius 2 is 1.70 bits per heavy atom. The maximum Gasteiger partial charge on any atom is 0.284 e. The standard InChI is InChI=1S/C18H20NO3S/c1-13-9-11-15(12-10-13)23(21-3)17-16(19-22-18(17)20-2)14-7-5-4-6-8-14/h4-12,17-18H,1-3H3/q+1. The van der Waals surface area contributed by atoms with Crippen LogP contribution in [0.1, 0.15) is 11.1 Å². The van der Waals surface area contributed by atoms with Gasteiger partial charge in [-0.2, -0.15) is 4.18 Å². The smallest absolute Gasteiger partial charge is 0.284 e. The summed E-state index contributed by atoms with van der Waals surface area (Å²) in [7, 11) is 3.35. The molecule has 5 heteroatoms. The van der Waals surface area contributed by atoms with E-state index in [0.717, 1.165) is 16.2 Å². The number of aryl methyl sites for hydroxylation is 1. The van der Waals surface area contributed by atoms with Gasteiger partial charge in [0.15, 0.2) is 4.90 Å². The van der Waals surface area contributed by atoms with E-state index in [1.807, 2.05) is 30.3 Å². The second-order valence-electron chi connectivity index (χ2n) is 5.25. The molecular formula is C18H20NO3S+. The van der Waals surface area contributed by atoms with Gasteiger partial charge in [0.25, 0.3) is 11.5 Å². The zero-order valence-corrected chi connectivity index (χ0v) is 14.2. The number of hydrogen-bond acceptors (Lipinski definition) is 4. The van der Waals surface area contributed by atoms with Gasteiger partial charge in [-0.25, -0.2) is 0 Å². The fourth-order valence-corrected chi connectivity index (χ4v) is 4.40. The van der Waals surface area contributed by atoms with Gasteiger partial charge in [0, 0.05) is 12.7 Å². The minimum absolute atomic E-state index is 0.102. The maximum absolute atomic E-state index is 5.83. The van der Waals surface area contributed by atoms with Crippen LogP contribution in [-0.4, -0.2) is 31.5 Å². The number of oxime groups is 1. The predicted octanol–water partition coefficient (Wildman–Crippen LogP) is 3.31. The number of ether oxygens (including phenoxy) is 1. The molecule has 0 fully saturated rings. The average molecular weight is 330 g/mol. The highest BCUT2D eigenvalue weighted by atomic mass is 32.2. The quantitative estimate of drug-likeness (QED) is 0.790. The number of nitrogens with zero attached hydrogens (tertiary/aromatic N) is 1. The zero-order valence-electron chi connectivity index (χ0n) is 13.4. The zero-order chi connectivity index (χ0) is 16.2. The van der Waals surface area contributed by atoms with Crippen LogP contribution >= 0.6 is 0 Å². The van der Waals surface area contributed by atoms with Gasteiger partial charge in [-0.05, 0) is 19.1 Å². The van der Waals surface area contributed by atoms with Gasteiger partial charge >= 0.3 is 0 Å². The molecule has 0 aromatic heterocycles. The molecule has 23 heavy (non-hydrogen) atoms. The molecule has 3 rings (SSSR count). The summed E-state index contributed by atoms with van der Waals surface area (Å²) in [5.41, 5.74) is 3.11. The molecule has 0 spiro atoms. The van der Waals surface area contributed by atoms with Gasteiger partial charge in [-0.1, -0.05) is 53.2 Å². The molecule has 2 aromatic carbocycles. The van der Waals surface area contributed by atoms with Gasteiger partial charge < -0.3 is 9.57 Å². The highest BCUT2D eigenvalue weighted by Crippen LogP contribution is 2.31. The van der Waals surface area contributed by atoms with Crippen molar-refractivity contribution in [3.63, 3.8) is 0 Å². The third-order valence-corrected chi connectivity index (χ3v) is 5.74. The van der Waals surface area contributed by atoms with E-state index in [1.54, 1.807) is 14.2 Å². The van der Waals surface area contributed by atoms with Crippen molar-refractivity contribution < 1.29 is 13.8 Å². The molecule has 0 radical (unpaired) electrons. The Hall–Kier alpha value is -1.82. The monoisotopic (exact) mass is 330 g/mol. The highest BCUT2D eigenvalue weighted by molar-refractivity contribution is 7.93. The van der Waals surface area contributed by atoms with Gasteiger partial charge in [0.05, 0.1) is 7.11 Å². The van der Waals surface area contributed by atoms with E-state index in [1.165, 1.54) is 5.56 Å². The van der Waals surface area contributed by atoms with E-state index >= 15 is 0 Å². The highest BCUT2D eigenvalue weighted by Gasteiger charge is 2.51. The molecule has 1 aliphatic rings. The first-order valence-electron chi connectivity index (χ1n) is 7.40. The molecule has 120 valence electrons. The van der Waals surface area contributed by atoms with E-state index in [-0.39, 0.29) is 5.25 Å². The summed E-state index contributed by atoms with van der Waals surface area (Å²) in [4.78, 5) is 6.61. The number of rotatable bonds is 5. The van der Waals surface area contributed by atoms with Crippen LogP contribution in [0.5, 0.6) is 0 Å². The maximum atomic E-state index is 5.83. The third-order valence-electron chi connectivity index (χ3n) is 3.74. The summed E-state index contributed by atoms with van der Waals surface area (Å²) >= 11 is -0.520. The molecule has 1 aliphatic heterocycles. The Labute approximate surface area is 139 Å². The molecule has 1 heterocycles. The molecule has 3 atom stereocenters. The Bertz CT molecular complexity index is 672. The predicted molar refractivity (Wildman–Crippen MR) is 92.5 cm³/mol. The average Bonchev–Trinajstić information content (AvgIpc) is 3.02. The number of hydrogen-bond donors (Lipinski definition) is 0. The van der Waals surface area contributed by atoms with Crippen molar-refractivity contribution in [3.05, 3.63) is 65.7 Å². The molecule has 0 N–H and O–H groups in total. The topological polar surface area (TPSA) is 40.0 Å². The van der Waals surface area contributed by atoms with Crippen LogP contribution in [-0.2, 0) is 24.9 Å². The lowest BCUT2D eigenvalue weighted by Crippen LogP contribution is -2.39. The van der Waals surface area contributed by atoms with Gasteiger partial charge in [-0.15, -0.1) is 0 Å². The molecular weight excluding hydrogens is 310 g/mol. The van der Waals surface area contributed by atoms with Gasteiger partial charge in [-0.3, -0.25) is 0 Å². The third kappa shape index (κ3) is 3.27. The summed E-state index contributed by atoms with van der Waals surface area (Å²) < 4.78 is 11.3. The molecule has 0 aliphatic carbocycles. The molecule has 0 saturated heterocycles. The van der Waals surface area contributed by atoms with Crippen molar-refractivity contribution in [2.75, 3.05) is 14.2 Å². The SMILES string of the molecule is COC1ON=C(c2ccccc2)C1[S+](OC)c1ccc(C)cc1. The Balaban J connectivity index is 1.98. The molecule has 0 amide bonds. The van der Waals surface area contributed by atoms with E-state index in [2.05, 4.69) is 36.3 Å². The molecule has 3 unspecified atom stereocenters. The van der Waals surface area contributed by atoms with E-state index in [4.69, 9.17) is 13.8 Å². The van der Waals surface area contributed by atoms with E-state index in [9.17, 15) is 0 Å². The van der Waals surface area contributed by atoms with Crippen LogP contribution < -0.4 is 0 Å². The van der Waals surface area contributed by atoms with Crippen molar-refractivity contribution in [2.45, 2.75) is 23.4 Å². The van der Waals surface area contributed by atoms with Crippen LogP contribution in [0.2, 0.25) is 0 Å². The normalized spacial score (nSPS) is 21.6. The number of benzene rings is 2. The Kier molecular flexibility index (Phi) is 5.00. The van der Waals surface area contributed by atoms with Crippen molar-refractivity contribution in [1.29, 1.82) is 0 Å². The fraction of sp³-hybridized carbons (Fsp3) is 0.278. The van der Waals surface area contributed by atoms with E-state index < -0.39 is 17.5 Å². The second-order valence-corrected chi connectivity index (χ2v) is 7.16. The lowest BCUT2D eigenvalue weighted by atomic mass is 10.1. The lowest BCUT2D eigenvalue weighted by Gasteiger charge is -2.16. The first-order valence-corrected chi connectivity index (χ1v) is 8.62. The first-order chi connectivity index (χ1) is 11.2. The largest absolute Gasteiger partial charge is 0.357 e. The summed E-state index contributed by atoms with van der Waals surface area (Å²) in [5.74, 6) is 0. The fourth-order valence-electron chi connectivity index (χ4n) is 2.56. The summed E-state index contributed by atoms with van der Waals surface area (Å²) in [5, 5.41) is 4.17. The molecule has 4 nitrogen and oxygen atoms in total. The van der Waals surface area contributed by atoms with Crippen molar-refractivity contribution >= 4 is 16.9 Å². The summed E-state index contributed by atoms with van der Waals surface area (Å²) in [6.45, 7) is 2.07. The Morgan fingerprint density at radius 3 is 2.30 bits per heavy atom. The van der Waals surface area contributed by atoms with E-state index in [0.29, 0.717) is 0 Å². The molecule has 0 saturated carbocycles. The second kappa shape index (κ2) is 7.17. The van der Waals surface area contributed by atoms with Crippen molar-refractivity contribution in [2.24, 2.45) is 5.16 Å². The summed E-state index contributed by atoms with van der Waals surface area (Å²) in [6.07, 6.45) is -0.449. The van der Waals surface area contributed by atoms with Crippen molar-refractivity contribution in [1.82, 2.24) is 0 Å². The minimum Gasteiger partial charge on any atom is -0.357 e. The van der Waals surface area contributed by atoms with Crippen LogP contribution in [0.15, 0.2) is 64.6 Å². The van der Waals surface area contributed by atoms with Crippen LogP contribution in [0.4, 0.5) is 0 Å². The van der Waals surface area contributed by atoms with Gasteiger partial charge in [0.2, 0.25) is 11.2 Å². The Morgan fingerprint density at radius 1 is 1.00 bits per heavy atom. The van der Waals surface area contributed by atoms with Crippen molar-refractivity contribution in [3.8, 4) is 0 Å².